The Morgan fingerprint density at radius 3 is 2.48 bits per heavy atom. The van der Waals surface area contributed by atoms with Crippen molar-refractivity contribution in [2.45, 2.75) is 31.8 Å². The molecule has 0 saturated carbocycles. The van der Waals surface area contributed by atoms with Crippen LogP contribution < -0.4 is 11.2 Å². The molecule has 144 valence electrons. The highest BCUT2D eigenvalue weighted by molar-refractivity contribution is 7.46. The lowest BCUT2D eigenvalue weighted by atomic mass is 10.2. The summed E-state index contributed by atoms with van der Waals surface area (Å²) in [6.45, 7) is 0.744. The average molecular weight is 384 g/mol. The van der Waals surface area contributed by atoms with E-state index in [1.165, 1.54) is 13.1 Å². The first-order valence-electron chi connectivity index (χ1n) is 7.16. The van der Waals surface area contributed by atoms with Gasteiger partial charge in [-0.25, -0.2) is 9.36 Å². The largest absolute Gasteiger partial charge is 0.469 e. The minimum Gasteiger partial charge on any atom is -0.394 e. The van der Waals surface area contributed by atoms with Crippen molar-refractivity contribution in [3.63, 3.8) is 0 Å². The Balaban J connectivity index is 0.000000705. The number of nitrogens with one attached hydrogen (secondary N) is 1. The first-order valence-corrected chi connectivity index (χ1v) is 8.69. The van der Waals surface area contributed by atoms with Crippen molar-refractivity contribution in [3.8, 4) is 0 Å². The second kappa shape index (κ2) is 9.36. The molecule has 12 nitrogen and oxygen atoms in total. The minimum atomic E-state index is -4.67. The molecule has 1 aromatic rings. The number of H-pyrrole nitrogens is 1. The predicted molar refractivity (Wildman–Crippen MR) is 82.8 cm³/mol. The maximum Gasteiger partial charge on any atom is 0.469 e. The molecule has 1 aliphatic heterocycles. The van der Waals surface area contributed by atoms with Crippen LogP contribution in [0.1, 0.15) is 18.2 Å². The number of aromatic amines is 1. The van der Waals surface area contributed by atoms with Gasteiger partial charge in [0.25, 0.3) is 5.56 Å². The van der Waals surface area contributed by atoms with E-state index in [4.69, 9.17) is 24.7 Å². The van der Waals surface area contributed by atoms with Crippen LogP contribution in [0.4, 0.5) is 0 Å². The van der Waals surface area contributed by atoms with Gasteiger partial charge < -0.3 is 29.8 Å². The third kappa shape index (κ3) is 6.80. The van der Waals surface area contributed by atoms with Crippen molar-refractivity contribution < 1.29 is 38.9 Å². The topological polar surface area (TPSA) is 192 Å². The number of phosphoric ester groups is 1. The standard InChI is InChI=1S/C10H15N2O8P.C2H6O2/c1-5-3-12(10(15)11-9(5)14)8-2-6(13)7(20-8)4-19-21(16,17)18;3-1-2-4/h3,6-8,13H,2,4H2,1H3,(H,11,14,15)(H2,16,17,18);3-4H,1-2H2/t6-,7+,8+;/m0./s1. The lowest BCUT2D eigenvalue weighted by molar-refractivity contribution is -0.0451. The number of aryl methyl sites for hydroxylation is 1. The van der Waals surface area contributed by atoms with E-state index in [9.17, 15) is 19.3 Å². The summed E-state index contributed by atoms with van der Waals surface area (Å²) in [5, 5.41) is 25.0. The number of phosphoric acid groups is 1. The van der Waals surface area contributed by atoms with Crippen LogP contribution in [0.2, 0.25) is 0 Å². The number of nitrogens with zero attached hydrogens (tertiary/aromatic N) is 1. The lowest BCUT2D eigenvalue weighted by Gasteiger charge is -2.16. The van der Waals surface area contributed by atoms with E-state index in [1.54, 1.807) is 0 Å². The zero-order valence-electron chi connectivity index (χ0n) is 13.3. The van der Waals surface area contributed by atoms with Gasteiger partial charge in [0.1, 0.15) is 12.3 Å². The van der Waals surface area contributed by atoms with Gasteiger partial charge in [-0.3, -0.25) is 18.9 Å². The fraction of sp³-hybridized carbons (Fsp3) is 0.667. The molecule has 1 saturated heterocycles. The summed E-state index contributed by atoms with van der Waals surface area (Å²) in [5.74, 6) is 0. The van der Waals surface area contributed by atoms with Gasteiger partial charge in [-0.1, -0.05) is 0 Å². The Morgan fingerprint density at radius 2 is 1.96 bits per heavy atom. The molecule has 0 spiro atoms. The van der Waals surface area contributed by atoms with Crippen LogP contribution in [0.25, 0.3) is 0 Å². The molecule has 0 bridgehead atoms. The van der Waals surface area contributed by atoms with Gasteiger partial charge in [-0.2, -0.15) is 0 Å². The summed E-state index contributed by atoms with van der Waals surface area (Å²) in [7, 11) is -4.67. The fourth-order valence-electron chi connectivity index (χ4n) is 2.01. The molecule has 1 fully saturated rings. The van der Waals surface area contributed by atoms with Gasteiger partial charge in [0, 0.05) is 18.2 Å². The van der Waals surface area contributed by atoms with Crippen LogP contribution in [0.5, 0.6) is 0 Å². The van der Waals surface area contributed by atoms with Crippen LogP contribution in [0.15, 0.2) is 15.8 Å². The van der Waals surface area contributed by atoms with Crippen LogP contribution in [-0.4, -0.2) is 66.7 Å². The van der Waals surface area contributed by atoms with E-state index >= 15 is 0 Å². The van der Waals surface area contributed by atoms with E-state index < -0.39 is 44.1 Å². The van der Waals surface area contributed by atoms with Crippen LogP contribution >= 0.6 is 7.82 Å². The summed E-state index contributed by atoms with van der Waals surface area (Å²) in [6, 6.07) is 0. The molecule has 2 rings (SSSR count). The zero-order chi connectivity index (χ0) is 19.2. The summed E-state index contributed by atoms with van der Waals surface area (Å²) in [6.07, 6.45) is -1.57. The lowest BCUT2D eigenvalue weighted by Crippen LogP contribution is -2.33. The molecular weight excluding hydrogens is 363 g/mol. The minimum absolute atomic E-state index is 0.0283. The number of aliphatic hydroxyl groups is 3. The van der Waals surface area contributed by atoms with Crippen molar-refractivity contribution in [2.75, 3.05) is 19.8 Å². The highest BCUT2D eigenvalue weighted by Crippen LogP contribution is 2.38. The predicted octanol–water partition coefficient (Wildman–Crippen LogP) is -2.43. The average Bonchev–Trinajstić information content (AvgIpc) is 2.89. The highest BCUT2D eigenvalue weighted by Gasteiger charge is 2.37. The summed E-state index contributed by atoms with van der Waals surface area (Å²) in [5.41, 5.74) is -0.918. The number of aromatic nitrogens is 2. The quantitative estimate of drug-likeness (QED) is 0.298. The second-order valence-corrected chi connectivity index (χ2v) is 6.38. The molecule has 6 N–H and O–H groups in total. The molecule has 0 radical (unpaired) electrons. The van der Waals surface area contributed by atoms with Crippen LogP contribution in [0, 0.1) is 6.92 Å². The highest BCUT2D eigenvalue weighted by atomic mass is 31.2. The van der Waals surface area contributed by atoms with Gasteiger partial charge in [-0.05, 0) is 6.92 Å². The SMILES string of the molecule is Cc1cn([C@H]2C[C@H](O)[C@@H](COP(=O)(O)O)O2)c(=O)[nH]c1=O.OCCO. The first-order chi connectivity index (χ1) is 11.6. The molecule has 0 aliphatic carbocycles. The van der Waals surface area contributed by atoms with Gasteiger partial charge in [0.15, 0.2) is 0 Å². The second-order valence-electron chi connectivity index (χ2n) is 5.14. The third-order valence-electron chi connectivity index (χ3n) is 3.17. The fourth-order valence-corrected chi connectivity index (χ4v) is 2.35. The molecular formula is C12H21N2O10P. The van der Waals surface area contributed by atoms with Crippen LogP contribution in [-0.2, 0) is 13.8 Å². The maximum absolute atomic E-state index is 11.7. The molecule has 3 atom stereocenters. The van der Waals surface area contributed by atoms with Gasteiger partial charge >= 0.3 is 13.5 Å². The van der Waals surface area contributed by atoms with Crippen molar-refractivity contribution >= 4 is 7.82 Å². The first kappa shape index (κ1) is 21.7. The zero-order valence-corrected chi connectivity index (χ0v) is 14.2. The molecule has 0 amide bonds. The number of aliphatic hydroxyl groups excluding tert-OH is 3. The number of ether oxygens (including phenoxy) is 1. The van der Waals surface area contributed by atoms with E-state index in [2.05, 4.69) is 9.51 Å². The normalized spacial score (nSPS) is 23.2. The summed E-state index contributed by atoms with van der Waals surface area (Å²) >= 11 is 0. The third-order valence-corrected chi connectivity index (χ3v) is 3.65. The van der Waals surface area contributed by atoms with E-state index in [0.29, 0.717) is 5.56 Å². The molecule has 0 unspecified atom stereocenters. The van der Waals surface area contributed by atoms with E-state index in [-0.39, 0.29) is 19.6 Å². The van der Waals surface area contributed by atoms with Crippen LogP contribution in [0.3, 0.4) is 0 Å². The van der Waals surface area contributed by atoms with Crippen molar-refractivity contribution in [1.29, 1.82) is 0 Å². The van der Waals surface area contributed by atoms with E-state index in [0.717, 1.165) is 4.57 Å². The Hall–Kier alpha value is -1.37. The van der Waals surface area contributed by atoms with Crippen molar-refractivity contribution in [2.24, 2.45) is 0 Å². The smallest absolute Gasteiger partial charge is 0.394 e. The molecule has 25 heavy (non-hydrogen) atoms. The van der Waals surface area contributed by atoms with E-state index in [1.807, 2.05) is 0 Å². The Kier molecular flexibility index (Phi) is 8.12. The summed E-state index contributed by atoms with van der Waals surface area (Å²) < 4.78 is 21.4. The van der Waals surface area contributed by atoms with Crippen molar-refractivity contribution in [1.82, 2.24) is 9.55 Å². The number of rotatable bonds is 5. The molecule has 2 heterocycles. The maximum atomic E-state index is 11.7. The van der Waals surface area contributed by atoms with Crippen molar-refractivity contribution in [3.05, 3.63) is 32.6 Å². The summed E-state index contributed by atoms with van der Waals surface area (Å²) in [4.78, 5) is 42.3. The number of hydrogen-bond acceptors (Lipinski definition) is 8. The Labute approximate surface area is 141 Å². The number of hydrogen-bond donors (Lipinski definition) is 6. The Bertz CT molecular complexity index is 709. The molecule has 1 aliphatic rings. The monoisotopic (exact) mass is 384 g/mol. The molecule has 0 aromatic carbocycles. The van der Waals surface area contributed by atoms with Gasteiger partial charge in [0.2, 0.25) is 0 Å². The van der Waals surface area contributed by atoms with Gasteiger partial charge in [-0.15, -0.1) is 0 Å². The molecule has 13 heteroatoms. The molecule has 1 aromatic heterocycles. The Morgan fingerprint density at radius 1 is 1.36 bits per heavy atom. The van der Waals surface area contributed by atoms with Gasteiger partial charge in [0.05, 0.1) is 25.9 Å².